The first-order valence-electron chi connectivity index (χ1n) is 6.44. The van der Waals surface area contributed by atoms with Crippen LogP contribution in [0, 0.1) is 5.92 Å². The van der Waals surface area contributed by atoms with Gasteiger partial charge >= 0.3 is 0 Å². The molecule has 18 heavy (non-hydrogen) atoms. The van der Waals surface area contributed by atoms with E-state index in [2.05, 4.69) is 97.1 Å². The Hall–Kier alpha value is -0.830. The minimum absolute atomic E-state index is 0.485. The Morgan fingerprint density at radius 3 is 1.44 bits per heavy atom. The fraction of sp³-hybridized carbons (Fsp3) is 0.294. The molecular formula is C17H19I. The quantitative estimate of drug-likeness (QED) is 0.520. The van der Waals surface area contributed by atoms with Gasteiger partial charge in [0.15, 0.2) is 0 Å². The van der Waals surface area contributed by atoms with E-state index in [0.717, 1.165) is 0 Å². The summed E-state index contributed by atoms with van der Waals surface area (Å²) in [4.78, 5) is 0. The van der Waals surface area contributed by atoms with Gasteiger partial charge in [0.05, 0.1) is 0 Å². The molecule has 0 aliphatic heterocycles. The molecule has 0 heterocycles. The molecule has 0 spiro atoms. The van der Waals surface area contributed by atoms with Gasteiger partial charge in [0.25, 0.3) is 0 Å². The molecule has 0 N–H and O–H groups in total. The van der Waals surface area contributed by atoms with Gasteiger partial charge in [-0.25, -0.2) is 0 Å². The van der Waals surface area contributed by atoms with Gasteiger partial charge in [-0.05, 0) is 17.0 Å². The lowest BCUT2D eigenvalue weighted by atomic mass is 9.80. The highest BCUT2D eigenvalue weighted by Crippen LogP contribution is 2.35. The molecule has 0 aliphatic rings. The molecule has 1 heteroatoms. The molecule has 0 aliphatic carbocycles. The van der Waals surface area contributed by atoms with Crippen LogP contribution in [0.25, 0.3) is 0 Å². The largest absolute Gasteiger partial charge is 0.0826 e. The highest BCUT2D eigenvalue weighted by Gasteiger charge is 2.24. The van der Waals surface area contributed by atoms with Crippen LogP contribution in [0.5, 0.6) is 0 Å². The smallest absolute Gasteiger partial charge is 0.0125 e. The van der Waals surface area contributed by atoms with Crippen molar-refractivity contribution in [2.75, 3.05) is 0 Å². The molecule has 2 atom stereocenters. The zero-order chi connectivity index (χ0) is 13.0. The van der Waals surface area contributed by atoms with Gasteiger partial charge in [0, 0.05) is 9.84 Å². The molecule has 2 aromatic carbocycles. The first-order chi connectivity index (χ1) is 8.70. The third kappa shape index (κ3) is 3.14. The lowest BCUT2D eigenvalue weighted by Crippen LogP contribution is -2.18. The van der Waals surface area contributed by atoms with Crippen LogP contribution in [0.4, 0.5) is 0 Å². The number of rotatable bonds is 4. The SMILES string of the molecule is C[C@H](I)[C@H](C)C(c1ccccc1)c1ccccc1. The molecule has 0 saturated carbocycles. The maximum Gasteiger partial charge on any atom is 0.0125 e. The van der Waals surface area contributed by atoms with Gasteiger partial charge in [0.1, 0.15) is 0 Å². The zero-order valence-electron chi connectivity index (χ0n) is 10.9. The molecule has 0 radical (unpaired) electrons. The van der Waals surface area contributed by atoms with Crippen LogP contribution in [-0.2, 0) is 0 Å². The van der Waals surface area contributed by atoms with Crippen LogP contribution in [0.1, 0.15) is 30.9 Å². The fourth-order valence-corrected chi connectivity index (χ4v) is 2.80. The Bertz CT molecular complexity index is 422. The highest BCUT2D eigenvalue weighted by atomic mass is 127. The molecule has 0 amide bonds. The van der Waals surface area contributed by atoms with Gasteiger partial charge < -0.3 is 0 Å². The van der Waals surface area contributed by atoms with Crippen molar-refractivity contribution < 1.29 is 0 Å². The van der Waals surface area contributed by atoms with Gasteiger partial charge in [-0.1, -0.05) is 97.1 Å². The summed E-state index contributed by atoms with van der Waals surface area (Å²) in [5.41, 5.74) is 2.83. The summed E-state index contributed by atoms with van der Waals surface area (Å²) in [6.45, 7) is 4.64. The minimum atomic E-state index is 0.485. The van der Waals surface area contributed by atoms with Crippen LogP contribution in [0.3, 0.4) is 0 Å². The predicted octanol–water partition coefficient (Wildman–Crippen LogP) is 5.28. The van der Waals surface area contributed by atoms with Crippen molar-refractivity contribution in [2.45, 2.75) is 23.7 Å². The van der Waals surface area contributed by atoms with Crippen molar-refractivity contribution in [3.05, 3.63) is 71.8 Å². The Morgan fingerprint density at radius 2 is 1.11 bits per heavy atom. The third-order valence-electron chi connectivity index (χ3n) is 3.57. The van der Waals surface area contributed by atoms with E-state index < -0.39 is 0 Å². The van der Waals surface area contributed by atoms with Gasteiger partial charge in [-0.3, -0.25) is 0 Å². The normalized spacial score (nSPS) is 14.4. The molecular weight excluding hydrogens is 331 g/mol. The number of alkyl halides is 1. The van der Waals surface area contributed by atoms with E-state index in [0.29, 0.717) is 15.8 Å². The number of halogens is 1. The number of benzene rings is 2. The van der Waals surface area contributed by atoms with Crippen LogP contribution < -0.4 is 0 Å². The molecule has 2 aromatic rings. The average Bonchev–Trinajstić information content (AvgIpc) is 2.41. The van der Waals surface area contributed by atoms with Crippen molar-refractivity contribution in [3.8, 4) is 0 Å². The Labute approximate surface area is 124 Å². The summed E-state index contributed by atoms with van der Waals surface area (Å²) in [6.07, 6.45) is 0. The highest BCUT2D eigenvalue weighted by molar-refractivity contribution is 14.1. The fourth-order valence-electron chi connectivity index (χ4n) is 2.39. The molecule has 94 valence electrons. The Balaban J connectivity index is 2.42. The molecule has 0 nitrogen and oxygen atoms in total. The van der Waals surface area contributed by atoms with E-state index >= 15 is 0 Å². The molecule has 0 fully saturated rings. The first-order valence-corrected chi connectivity index (χ1v) is 7.68. The summed E-state index contributed by atoms with van der Waals surface area (Å²) in [7, 11) is 0. The summed E-state index contributed by atoms with van der Waals surface area (Å²) in [5, 5.41) is 0. The first kappa shape index (κ1) is 13.6. The van der Waals surface area contributed by atoms with Crippen molar-refractivity contribution >= 4 is 22.6 Å². The summed E-state index contributed by atoms with van der Waals surface area (Å²) in [5.74, 6) is 1.11. The van der Waals surface area contributed by atoms with Crippen LogP contribution in [-0.4, -0.2) is 3.92 Å². The summed E-state index contributed by atoms with van der Waals surface area (Å²) in [6, 6.07) is 21.7. The average molecular weight is 350 g/mol. The lowest BCUT2D eigenvalue weighted by Gasteiger charge is -2.27. The van der Waals surface area contributed by atoms with Gasteiger partial charge in [0.2, 0.25) is 0 Å². The zero-order valence-corrected chi connectivity index (χ0v) is 13.0. The van der Waals surface area contributed by atoms with Crippen molar-refractivity contribution in [1.29, 1.82) is 0 Å². The summed E-state index contributed by atoms with van der Waals surface area (Å²) < 4.78 is 0.646. The topological polar surface area (TPSA) is 0 Å². The van der Waals surface area contributed by atoms with Gasteiger partial charge in [-0.2, -0.15) is 0 Å². The molecule has 0 unspecified atom stereocenters. The molecule has 0 bridgehead atoms. The monoisotopic (exact) mass is 350 g/mol. The molecule has 0 saturated heterocycles. The van der Waals surface area contributed by atoms with E-state index in [9.17, 15) is 0 Å². The second-order valence-corrected chi connectivity index (χ2v) is 6.80. The van der Waals surface area contributed by atoms with Crippen LogP contribution >= 0.6 is 22.6 Å². The second-order valence-electron chi connectivity index (χ2n) is 4.84. The molecule has 2 rings (SSSR count). The van der Waals surface area contributed by atoms with E-state index in [4.69, 9.17) is 0 Å². The van der Waals surface area contributed by atoms with Gasteiger partial charge in [-0.15, -0.1) is 0 Å². The lowest BCUT2D eigenvalue weighted by molar-refractivity contribution is 0.520. The number of hydrogen-bond donors (Lipinski definition) is 0. The Morgan fingerprint density at radius 1 is 0.722 bits per heavy atom. The van der Waals surface area contributed by atoms with Crippen LogP contribution in [0.2, 0.25) is 0 Å². The van der Waals surface area contributed by atoms with E-state index in [1.54, 1.807) is 0 Å². The number of hydrogen-bond acceptors (Lipinski definition) is 0. The predicted molar refractivity (Wildman–Crippen MR) is 87.4 cm³/mol. The maximum absolute atomic E-state index is 2.54. The summed E-state index contributed by atoms with van der Waals surface area (Å²) >= 11 is 2.54. The standard InChI is InChI=1S/C17H19I/c1-13(14(2)18)17(15-9-5-3-6-10-15)16-11-7-4-8-12-16/h3-14,17H,1-2H3/t13-,14-/m0/s1. The molecule has 0 aromatic heterocycles. The van der Waals surface area contributed by atoms with Crippen molar-refractivity contribution in [1.82, 2.24) is 0 Å². The van der Waals surface area contributed by atoms with E-state index in [1.807, 2.05) is 0 Å². The maximum atomic E-state index is 2.54. The second kappa shape index (κ2) is 6.37. The van der Waals surface area contributed by atoms with Crippen LogP contribution in [0.15, 0.2) is 60.7 Å². The van der Waals surface area contributed by atoms with E-state index in [-0.39, 0.29) is 0 Å². The minimum Gasteiger partial charge on any atom is -0.0826 e. The Kier molecular flexibility index (Phi) is 4.81. The van der Waals surface area contributed by atoms with E-state index in [1.165, 1.54) is 11.1 Å². The van der Waals surface area contributed by atoms with Crippen molar-refractivity contribution in [3.63, 3.8) is 0 Å². The van der Waals surface area contributed by atoms with Crippen molar-refractivity contribution in [2.24, 2.45) is 5.92 Å². The third-order valence-corrected chi connectivity index (χ3v) is 4.70.